The van der Waals surface area contributed by atoms with E-state index in [1.165, 1.54) is 0 Å². The lowest BCUT2D eigenvalue weighted by molar-refractivity contribution is 0.0728. The monoisotopic (exact) mass is 319 g/mol. The number of ether oxygens (including phenoxy) is 1. The maximum absolute atomic E-state index is 11.5. The van der Waals surface area contributed by atoms with Gasteiger partial charge in [-0.2, -0.15) is 0 Å². The van der Waals surface area contributed by atoms with Crippen molar-refractivity contribution in [3.63, 3.8) is 0 Å². The van der Waals surface area contributed by atoms with Crippen LogP contribution in [0.4, 0.5) is 0 Å². The van der Waals surface area contributed by atoms with Crippen LogP contribution < -0.4 is 10.1 Å². The molecule has 5 nitrogen and oxygen atoms in total. The number of hydrogen-bond donors (Lipinski definition) is 2. The Kier molecular flexibility index (Phi) is 4.59. The number of rotatable bonds is 4. The molecule has 3 unspecified atom stereocenters. The van der Waals surface area contributed by atoms with Crippen molar-refractivity contribution in [2.75, 3.05) is 18.6 Å². The van der Waals surface area contributed by atoms with Crippen LogP contribution >= 0.6 is 11.6 Å². The molecule has 112 valence electrons. The van der Waals surface area contributed by atoms with Crippen LogP contribution in [-0.4, -0.2) is 44.3 Å². The van der Waals surface area contributed by atoms with Crippen molar-refractivity contribution in [3.05, 3.63) is 28.8 Å². The summed E-state index contributed by atoms with van der Waals surface area (Å²) in [6.07, 6.45) is -1.72. The SMILES string of the molecule is CNC(C)c1cc(Cl)ccc1OC1CS(=O)(=O)CC1O. The number of aliphatic hydroxyl groups is 1. The lowest BCUT2D eigenvalue weighted by Crippen LogP contribution is -2.30. The Morgan fingerprint density at radius 1 is 1.45 bits per heavy atom. The van der Waals surface area contributed by atoms with E-state index in [0.717, 1.165) is 5.56 Å². The predicted molar refractivity (Wildman–Crippen MR) is 78.0 cm³/mol. The van der Waals surface area contributed by atoms with Crippen LogP contribution in [0.3, 0.4) is 0 Å². The molecule has 2 N–H and O–H groups in total. The van der Waals surface area contributed by atoms with E-state index in [0.29, 0.717) is 10.8 Å². The first-order chi connectivity index (χ1) is 9.32. The van der Waals surface area contributed by atoms with Gasteiger partial charge in [0.15, 0.2) is 9.84 Å². The Labute approximate surface area is 123 Å². The maximum atomic E-state index is 11.5. The second-order valence-electron chi connectivity index (χ2n) is 4.99. The summed E-state index contributed by atoms with van der Waals surface area (Å²) >= 11 is 5.98. The van der Waals surface area contributed by atoms with E-state index in [4.69, 9.17) is 16.3 Å². The smallest absolute Gasteiger partial charge is 0.156 e. The van der Waals surface area contributed by atoms with Gasteiger partial charge in [0.2, 0.25) is 0 Å². The van der Waals surface area contributed by atoms with Gasteiger partial charge in [0, 0.05) is 16.6 Å². The number of aliphatic hydroxyl groups excluding tert-OH is 1. The summed E-state index contributed by atoms with van der Waals surface area (Å²) in [4.78, 5) is 0. The van der Waals surface area contributed by atoms with Gasteiger partial charge in [-0.25, -0.2) is 8.42 Å². The third-order valence-corrected chi connectivity index (χ3v) is 5.34. The van der Waals surface area contributed by atoms with E-state index < -0.39 is 22.0 Å². The molecule has 1 aliphatic rings. The van der Waals surface area contributed by atoms with Crippen molar-refractivity contribution in [2.24, 2.45) is 0 Å². The zero-order chi connectivity index (χ0) is 14.9. The average Bonchev–Trinajstić information content (AvgIpc) is 2.63. The topological polar surface area (TPSA) is 75.6 Å². The van der Waals surface area contributed by atoms with Gasteiger partial charge in [-0.3, -0.25) is 0 Å². The van der Waals surface area contributed by atoms with E-state index in [9.17, 15) is 13.5 Å². The van der Waals surface area contributed by atoms with Crippen LogP contribution in [0.15, 0.2) is 18.2 Å². The number of sulfone groups is 1. The third kappa shape index (κ3) is 3.44. The Hall–Kier alpha value is -0.820. The molecule has 0 saturated carbocycles. The van der Waals surface area contributed by atoms with Crippen LogP contribution in [-0.2, 0) is 9.84 Å². The molecule has 3 atom stereocenters. The molecule has 1 saturated heterocycles. The molecule has 0 bridgehead atoms. The van der Waals surface area contributed by atoms with Crippen molar-refractivity contribution in [1.82, 2.24) is 5.32 Å². The second-order valence-corrected chi connectivity index (χ2v) is 7.58. The molecule has 0 aliphatic carbocycles. The van der Waals surface area contributed by atoms with Crippen LogP contribution in [0.2, 0.25) is 5.02 Å². The zero-order valence-corrected chi connectivity index (χ0v) is 12.9. The van der Waals surface area contributed by atoms with E-state index in [-0.39, 0.29) is 17.5 Å². The van der Waals surface area contributed by atoms with Gasteiger partial charge >= 0.3 is 0 Å². The zero-order valence-electron chi connectivity index (χ0n) is 11.3. The molecular weight excluding hydrogens is 302 g/mol. The molecule has 0 aromatic heterocycles. The fraction of sp³-hybridized carbons (Fsp3) is 0.538. The molecule has 7 heteroatoms. The van der Waals surface area contributed by atoms with Gasteiger partial charge in [0.05, 0.1) is 11.5 Å². The van der Waals surface area contributed by atoms with Gasteiger partial charge in [-0.1, -0.05) is 11.6 Å². The summed E-state index contributed by atoms with van der Waals surface area (Å²) in [5.74, 6) is 0.129. The lowest BCUT2D eigenvalue weighted by atomic mass is 10.1. The second kappa shape index (κ2) is 5.89. The van der Waals surface area contributed by atoms with E-state index in [1.54, 1.807) is 18.2 Å². The molecule has 2 rings (SSSR count). The van der Waals surface area contributed by atoms with Crippen molar-refractivity contribution >= 4 is 21.4 Å². The maximum Gasteiger partial charge on any atom is 0.156 e. The van der Waals surface area contributed by atoms with E-state index in [1.807, 2.05) is 14.0 Å². The van der Waals surface area contributed by atoms with Gasteiger partial charge in [0.1, 0.15) is 18.0 Å². The average molecular weight is 320 g/mol. The fourth-order valence-corrected chi connectivity index (χ4v) is 4.04. The number of hydrogen-bond acceptors (Lipinski definition) is 5. The summed E-state index contributed by atoms with van der Waals surface area (Å²) in [7, 11) is -1.42. The summed E-state index contributed by atoms with van der Waals surface area (Å²) in [6.45, 7) is 1.94. The quantitative estimate of drug-likeness (QED) is 0.871. The fourth-order valence-electron chi connectivity index (χ4n) is 2.19. The Morgan fingerprint density at radius 3 is 2.70 bits per heavy atom. The van der Waals surface area contributed by atoms with E-state index >= 15 is 0 Å². The van der Waals surface area contributed by atoms with Gasteiger partial charge in [-0.15, -0.1) is 0 Å². The summed E-state index contributed by atoms with van der Waals surface area (Å²) in [5, 5.41) is 13.4. The predicted octanol–water partition coefficient (Wildman–Crippen LogP) is 1.16. The summed E-state index contributed by atoms with van der Waals surface area (Å²) in [6, 6.07) is 5.15. The molecular formula is C13H18ClNO4S. The molecule has 1 aromatic carbocycles. The summed E-state index contributed by atoms with van der Waals surface area (Å²) in [5.41, 5.74) is 0.830. The molecule has 1 fully saturated rings. The minimum Gasteiger partial charge on any atom is -0.486 e. The Bertz CT molecular complexity index is 590. The van der Waals surface area contributed by atoms with Crippen LogP contribution in [0, 0.1) is 0 Å². The molecule has 0 spiro atoms. The molecule has 1 aliphatic heterocycles. The van der Waals surface area contributed by atoms with Crippen LogP contribution in [0.1, 0.15) is 18.5 Å². The Balaban J connectivity index is 2.25. The highest BCUT2D eigenvalue weighted by Gasteiger charge is 2.38. The first-order valence-electron chi connectivity index (χ1n) is 6.34. The largest absolute Gasteiger partial charge is 0.486 e. The number of halogens is 1. The highest BCUT2D eigenvalue weighted by molar-refractivity contribution is 7.91. The normalized spacial score (nSPS) is 26.4. The molecule has 20 heavy (non-hydrogen) atoms. The summed E-state index contributed by atoms with van der Waals surface area (Å²) < 4.78 is 28.7. The van der Waals surface area contributed by atoms with Crippen LogP contribution in [0.25, 0.3) is 0 Å². The molecule has 1 heterocycles. The highest BCUT2D eigenvalue weighted by Crippen LogP contribution is 2.30. The lowest BCUT2D eigenvalue weighted by Gasteiger charge is -2.21. The van der Waals surface area contributed by atoms with Gasteiger partial charge < -0.3 is 15.2 Å². The first kappa shape index (κ1) is 15.6. The minimum atomic E-state index is -3.23. The third-order valence-electron chi connectivity index (χ3n) is 3.42. The van der Waals surface area contributed by atoms with E-state index in [2.05, 4.69) is 5.32 Å². The minimum absolute atomic E-state index is 0.00106. The number of benzene rings is 1. The van der Waals surface area contributed by atoms with Crippen molar-refractivity contribution < 1.29 is 18.3 Å². The van der Waals surface area contributed by atoms with Gasteiger partial charge in [-0.05, 0) is 32.2 Å². The Morgan fingerprint density at radius 2 is 2.15 bits per heavy atom. The van der Waals surface area contributed by atoms with Crippen molar-refractivity contribution in [3.8, 4) is 5.75 Å². The van der Waals surface area contributed by atoms with Gasteiger partial charge in [0.25, 0.3) is 0 Å². The first-order valence-corrected chi connectivity index (χ1v) is 8.54. The molecule has 1 aromatic rings. The molecule has 0 amide bonds. The number of nitrogens with one attached hydrogen (secondary N) is 1. The highest BCUT2D eigenvalue weighted by atomic mass is 35.5. The van der Waals surface area contributed by atoms with Crippen molar-refractivity contribution in [2.45, 2.75) is 25.2 Å². The van der Waals surface area contributed by atoms with Crippen molar-refractivity contribution in [1.29, 1.82) is 0 Å². The molecule has 0 radical (unpaired) electrons. The standard InChI is InChI=1S/C13H18ClNO4S/c1-8(15-2)10-5-9(14)3-4-12(10)19-13-7-20(17,18)6-11(13)16/h3-5,8,11,13,15-16H,6-7H2,1-2H3. The van der Waals surface area contributed by atoms with Crippen LogP contribution in [0.5, 0.6) is 5.75 Å².